The van der Waals surface area contributed by atoms with Crippen LogP contribution in [0, 0.1) is 6.92 Å². The van der Waals surface area contributed by atoms with Crippen LogP contribution < -0.4 is 0 Å². The van der Waals surface area contributed by atoms with Gasteiger partial charge in [-0.05, 0) is 42.7 Å². The third kappa shape index (κ3) is 1.37. The van der Waals surface area contributed by atoms with Crippen LogP contribution >= 0.6 is 0 Å². The maximum Gasteiger partial charge on any atom is 0.207 e. The van der Waals surface area contributed by atoms with Crippen LogP contribution in [-0.4, -0.2) is 8.42 Å². The summed E-state index contributed by atoms with van der Waals surface area (Å²) in [6.45, 7) is 4.08. The fourth-order valence-electron chi connectivity index (χ4n) is 2.59. The lowest BCUT2D eigenvalue weighted by Gasteiger charge is -2.06. The number of fused-ring (bicyclic) bond motifs is 3. The quantitative estimate of drug-likeness (QED) is 0.670. The Labute approximate surface area is 107 Å². The van der Waals surface area contributed by atoms with E-state index in [0.717, 1.165) is 28.7 Å². The molecule has 0 unspecified atom stereocenters. The van der Waals surface area contributed by atoms with Crippen LogP contribution in [0.3, 0.4) is 0 Å². The van der Waals surface area contributed by atoms with E-state index in [1.54, 1.807) is 12.1 Å². The average Bonchev–Trinajstić information content (AvgIpc) is 2.58. The molecule has 1 heterocycles. The van der Waals surface area contributed by atoms with Crippen LogP contribution in [0.5, 0.6) is 0 Å². The second-order valence-corrected chi connectivity index (χ2v) is 6.51. The minimum absolute atomic E-state index is 0.438. The zero-order chi connectivity index (χ0) is 12.9. The lowest BCUT2D eigenvalue weighted by atomic mass is 9.99. The van der Waals surface area contributed by atoms with Crippen LogP contribution in [0.15, 0.2) is 46.2 Å². The van der Waals surface area contributed by atoms with Gasteiger partial charge in [-0.15, -0.1) is 0 Å². The highest BCUT2D eigenvalue weighted by molar-refractivity contribution is 7.92. The highest BCUT2D eigenvalue weighted by Gasteiger charge is 2.32. The number of sulfone groups is 1. The first-order valence-corrected chi connectivity index (χ1v) is 7.52. The summed E-state index contributed by atoms with van der Waals surface area (Å²) < 4.78 is 24.9. The minimum Gasteiger partial charge on any atom is -0.218 e. The highest BCUT2D eigenvalue weighted by Crippen LogP contribution is 2.43. The maximum absolute atomic E-state index is 12.5. The summed E-state index contributed by atoms with van der Waals surface area (Å²) in [5.41, 5.74) is 3.94. The summed E-state index contributed by atoms with van der Waals surface area (Å²) in [5.74, 6) is 0. The van der Waals surface area contributed by atoms with E-state index in [1.807, 2.05) is 38.1 Å². The van der Waals surface area contributed by atoms with E-state index < -0.39 is 9.84 Å². The summed E-state index contributed by atoms with van der Waals surface area (Å²) in [7, 11) is -3.31. The van der Waals surface area contributed by atoms with Crippen LogP contribution in [-0.2, 0) is 16.3 Å². The molecule has 3 heteroatoms. The summed E-state index contributed by atoms with van der Waals surface area (Å²) >= 11 is 0. The van der Waals surface area contributed by atoms with Gasteiger partial charge < -0.3 is 0 Å². The van der Waals surface area contributed by atoms with Crippen LogP contribution in [0.4, 0.5) is 0 Å². The van der Waals surface area contributed by atoms with Gasteiger partial charge in [0.25, 0.3) is 0 Å². The smallest absolute Gasteiger partial charge is 0.207 e. The van der Waals surface area contributed by atoms with E-state index in [0.29, 0.717) is 9.79 Å². The molecule has 0 aliphatic carbocycles. The normalized spacial score (nSPS) is 15.2. The van der Waals surface area contributed by atoms with Crippen molar-refractivity contribution in [1.29, 1.82) is 0 Å². The van der Waals surface area contributed by atoms with Crippen LogP contribution in [0.25, 0.3) is 11.1 Å². The Bertz CT molecular complexity index is 743. The zero-order valence-corrected chi connectivity index (χ0v) is 11.2. The average molecular weight is 258 g/mol. The number of benzene rings is 2. The Hall–Kier alpha value is -1.61. The van der Waals surface area contributed by atoms with Gasteiger partial charge in [0, 0.05) is 11.1 Å². The predicted molar refractivity (Wildman–Crippen MR) is 71.4 cm³/mol. The van der Waals surface area contributed by atoms with Gasteiger partial charge in [0.15, 0.2) is 0 Å². The van der Waals surface area contributed by atoms with Crippen molar-refractivity contribution in [2.24, 2.45) is 0 Å². The first kappa shape index (κ1) is 11.5. The van der Waals surface area contributed by atoms with E-state index in [4.69, 9.17) is 0 Å². The van der Waals surface area contributed by atoms with Crippen LogP contribution in [0.1, 0.15) is 18.1 Å². The van der Waals surface area contributed by atoms with Gasteiger partial charge in [0.2, 0.25) is 9.84 Å². The molecular weight excluding hydrogens is 244 g/mol. The van der Waals surface area contributed by atoms with Gasteiger partial charge in [0.1, 0.15) is 0 Å². The number of aryl methyl sites for hydroxylation is 2. The molecule has 0 amide bonds. The van der Waals surface area contributed by atoms with Crippen molar-refractivity contribution in [1.82, 2.24) is 0 Å². The Kier molecular flexibility index (Phi) is 2.35. The Balaban J connectivity index is 2.43. The van der Waals surface area contributed by atoms with Crippen molar-refractivity contribution in [3.63, 3.8) is 0 Å². The Morgan fingerprint density at radius 3 is 2.44 bits per heavy atom. The summed E-state index contributed by atoms with van der Waals surface area (Å²) in [6.07, 6.45) is 0.852. The lowest BCUT2D eigenvalue weighted by Crippen LogP contribution is -1.98. The molecule has 0 atom stereocenters. The molecule has 2 aromatic carbocycles. The Morgan fingerprint density at radius 1 is 1.00 bits per heavy atom. The van der Waals surface area contributed by atoms with E-state index in [-0.39, 0.29) is 0 Å². The number of hydrogen-bond acceptors (Lipinski definition) is 2. The molecule has 0 saturated heterocycles. The fourth-order valence-corrected chi connectivity index (χ4v) is 4.30. The Morgan fingerprint density at radius 2 is 1.72 bits per heavy atom. The van der Waals surface area contributed by atoms with Crippen LogP contribution in [0.2, 0.25) is 0 Å². The number of rotatable bonds is 1. The second-order valence-electron chi connectivity index (χ2n) is 4.63. The summed E-state index contributed by atoms with van der Waals surface area (Å²) in [6, 6.07) is 11.1. The molecule has 1 aliphatic heterocycles. The number of hydrogen-bond donors (Lipinski definition) is 0. The van der Waals surface area contributed by atoms with Gasteiger partial charge in [-0.3, -0.25) is 0 Å². The van der Waals surface area contributed by atoms with Gasteiger partial charge in [-0.2, -0.15) is 0 Å². The van der Waals surface area contributed by atoms with E-state index in [1.165, 1.54) is 0 Å². The maximum atomic E-state index is 12.5. The molecule has 3 rings (SSSR count). The molecule has 0 aromatic heterocycles. The molecular formula is C15H14O2S. The first-order valence-electron chi connectivity index (χ1n) is 6.03. The van der Waals surface area contributed by atoms with Gasteiger partial charge >= 0.3 is 0 Å². The van der Waals surface area contributed by atoms with Crippen molar-refractivity contribution in [2.45, 2.75) is 30.1 Å². The molecule has 0 fully saturated rings. The standard InChI is InChI=1S/C15H14O2S/c1-3-11-9-15-13(8-10(11)2)12-6-4-5-7-14(12)18(15,16)17/h4-9H,3H2,1-2H3. The summed E-state index contributed by atoms with van der Waals surface area (Å²) in [4.78, 5) is 0.902. The van der Waals surface area contributed by atoms with Crippen molar-refractivity contribution < 1.29 is 8.42 Å². The molecule has 0 saturated carbocycles. The third-order valence-corrected chi connectivity index (χ3v) is 5.43. The molecule has 92 valence electrons. The van der Waals surface area contributed by atoms with Crippen molar-refractivity contribution >= 4 is 9.84 Å². The lowest BCUT2D eigenvalue weighted by molar-refractivity contribution is 0.598. The molecule has 0 radical (unpaired) electrons. The molecule has 2 nitrogen and oxygen atoms in total. The molecule has 18 heavy (non-hydrogen) atoms. The molecule has 0 spiro atoms. The van der Waals surface area contributed by atoms with E-state index in [2.05, 4.69) is 0 Å². The SMILES string of the molecule is CCc1cc2c(cc1C)-c1ccccc1S2(=O)=O. The highest BCUT2D eigenvalue weighted by atomic mass is 32.2. The topological polar surface area (TPSA) is 34.1 Å². The predicted octanol–water partition coefficient (Wildman–Crippen LogP) is 3.37. The van der Waals surface area contributed by atoms with Gasteiger partial charge in [0.05, 0.1) is 9.79 Å². The van der Waals surface area contributed by atoms with E-state index >= 15 is 0 Å². The minimum atomic E-state index is -3.31. The van der Waals surface area contributed by atoms with Crippen molar-refractivity contribution in [2.75, 3.05) is 0 Å². The zero-order valence-electron chi connectivity index (χ0n) is 10.4. The molecule has 2 aromatic rings. The third-order valence-electron chi connectivity index (χ3n) is 3.58. The first-order chi connectivity index (χ1) is 8.55. The van der Waals surface area contributed by atoms with Gasteiger partial charge in [-0.25, -0.2) is 8.42 Å². The van der Waals surface area contributed by atoms with Crippen molar-refractivity contribution in [3.05, 3.63) is 47.5 Å². The molecule has 1 aliphatic rings. The van der Waals surface area contributed by atoms with E-state index in [9.17, 15) is 8.42 Å². The largest absolute Gasteiger partial charge is 0.218 e. The van der Waals surface area contributed by atoms with Gasteiger partial charge in [-0.1, -0.05) is 25.1 Å². The fraction of sp³-hybridized carbons (Fsp3) is 0.200. The summed E-state index contributed by atoms with van der Waals surface area (Å²) in [5, 5.41) is 0. The molecule has 0 bridgehead atoms. The van der Waals surface area contributed by atoms with Crippen molar-refractivity contribution in [3.8, 4) is 11.1 Å². The second kappa shape index (κ2) is 3.69. The molecule has 0 N–H and O–H groups in total. The monoisotopic (exact) mass is 258 g/mol.